The van der Waals surface area contributed by atoms with Crippen LogP contribution in [0.3, 0.4) is 0 Å². The molecule has 19 heavy (non-hydrogen) atoms. The van der Waals surface area contributed by atoms with Crippen LogP contribution in [0.2, 0.25) is 0 Å². The maximum atomic E-state index is 9.02. The Morgan fingerprint density at radius 1 is 1.00 bits per heavy atom. The van der Waals surface area contributed by atoms with Crippen molar-refractivity contribution in [3.05, 3.63) is 57.0 Å². The SMILES string of the molecule is OCc1ccc(Br)c[n+]1O.OCc1ccc(Br)cn1. The smallest absolute Gasteiger partial charge is 0.259 e. The first-order valence-electron chi connectivity index (χ1n) is 5.28. The van der Waals surface area contributed by atoms with Crippen molar-refractivity contribution in [1.82, 2.24) is 4.98 Å². The van der Waals surface area contributed by atoms with Gasteiger partial charge in [0.15, 0.2) is 0 Å². The van der Waals surface area contributed by atoms with Gasteiger partial charge < -0.3 is 10.2 Å². The van der Waals surface area contributed by atoms with Crippen molar-refractivity contribution in [2.75, 3.05) is 0 Å². The number of aliphatic hydroxyl groups excluding tert-OH is 2. The zero-order valence-electron chi connectivity index (χ0n) is 9.87. The standard InChI is InChI=1S/C6H7BrNO2.C6H6BrNO/c7-5-1-2-6(4-9)8(10)3-5;7-5-1-2-6(4-9)8-3-5/h1-3,9-10H,4H2;1-3,9H,4H2/q+1;. The largest absolute Gasteiger partial charge is 0.390 e. The normalized spacial score (nSPS) is 9.68. The molecule has 2 aromatic heterocycles. The lowest BCUT2D eigenvalue weighted by Gasteiger charge is -1.91. The highest BCUT2D eigenvalue weighted by molar-refractivity contribution is 9.10. The van der Waals surface area contributed by atoms with Crippen molar-refractivity contribution in [2.24, 2.45) is 0 Å². The minimum Gasteiger partial charge on any atom is -0.390 e. The first kappa shape index (κ1) is 16.0. The predicted molar refractivity (Wildman–Crippen MR) is 75.3 cm³/mol. The zero-order chi connectivity index (χ0) is 14.3. The minimum atomic E-state index is -0.163. The van der Waals surface area contributed by atoms with E-state index in [0.29, 0.717) is 11.4 Å². The molecule has 0 amide bonds. The van der Waals surface area contributed by atoms with E-state index < -0.39 is 0 Å². The second kappa shape index (κ2) is 8.21. The van der Waals surface area contributed by atoms with Gasteiger partial charge in [0.05, 0.1) is 16.8 Å². The van der Waals surface area contributed by atoms with Crippen molar-refractivity contribution in [1.29, 1.82) is 0 Å². The summed E-state index contributed by atoms with van der Waals surface area (Å²) in [6.45, 7) is -0.156. The van der Waals surface area contributed by atoms with Gasteiger partial charge in [0.25, 0.3) is 5.69 Å². The predicted octanol–water partition coefficient (Wildman–Crippen LogP) is 1.80. The molecule has 0 unspecified atom stereocenters. The number of aliphatic hydroxyl groups is 2. The lowest BCUT2D eigenvalue weighted by molar-refractivity contribution is -0.911. The van der Waals surface area contributed by atoms with E-state index in [2.05, 4.69) is 36.8 Å². The fourth-order valence-corrected chi connectivity index (χ4v) is 1.68. The summed E-state index contributed by atoms with van der Waals surface area (Å²) in [5, 5.41) is 26.2. The van der Waals surface area contributed by atoms with E-state index in [9.17, 15) is 0 Å². The van der Waals surface area contributed by atoms with Gasteiger partial charge in [-0.15, -0.1) is 0 Å². The molecule has 3 N–H and O–H groups in total. The average Bonchev–Trinajstić information content (AvgIpc) is 2.40. The Morgan fingerprint density at radius 3 is 2.16 bits per heavy atom. The van der Waals surface area contributed by atoms with Crippen molar-refractivity contribution in [2.45, 2.75) is 13.2 Å². The first-order chi connectivity index (χ1) is 9.06. The Morgan fingerprint density at radius 2 is 1.68 bits per heavy atom. The van der Waals surface area contributed by atoms with E-state index in [1.807, 2.05) is 6.07 Å². The molecule has 2 rings (SSSR count). The zero-order valence-corrected chi connectivity index (χ0v) is 13.0. The molecular formula is C12H13Br2N2O3+. The van der Waals surface area contributed by atoms with Crippen LogP contribution >= 0.6 is 31.9 Å². The maximum Gasteiger partial charge on any atom is 0.259 e. The lowest BCUT2D eigenvalue weighted by Crippen LogP contribution is -2.34. The Labute approximate surface area is 127 Å². The third-order valence-electron chi connectivity index (χ3n) is 2.09. The van der Waals surface area contributed by atoms with Gasteiger partial charge in [0.2, 0.25) is 6.20 Å². The van der Waals surface area contributed by atoms with Crippen LogP contribution in [0.5, 0.6) is 0 Å². The number of rotatable bonds is 2. The molecule has 0 saturated carbocycles. The summed E-state index contributed by atoms with van der Waals surface area (Å²) in [6, 6.07) is 6.99. The summed E-state index contributed by atoms with van der Waals surface area (Å²) in [5.74, 6) is 0. The van der Waals surface area contributed by atoms with E-state index in [1.165, 1.54) is 6.20 Å². The highest BCUT2D eigenvalue weighted by Gasteiger charge is 2.07. The van der Waals surface area contributed by atoms with Crippen molar-refractivity contribution in [3.63, 3.8) is 0 Å². The molecule has 0 fully saturated rings. The van der Waals surface area contributed by atoms with Crippen LogP contribution in [0.15, 0.2) is 45.6 Å². The molecule has 5 nitrogen and oxygen atoms in total. The van der Waals surface area contributed by atoms with Crippen molar-refractivity contribution in [3.8, 4) is 0 Å². The van der Waals surface area contributed by atoms with Gasteiger partial charge in [-0.05, 0) is 50.1 Å². The highest BCUT2D eigenvalue weighted by atomic mass is 79.9. The van der Waals surface area contributed by atoms with Crippen molar-refractivity contribution >= 4 is 31.9 Å². The molecule has 0 aliphatic heterocycles. The maximum absolute atomic E-state index is 9.02. The average molecular weight is 393 g/mol. The van der Waals surface area contributed by atoms with Gasteiger partial charge in [0, 0.05) is 21.5 Å². The topological polar surface area (TPSA) is 77.5 Å². The molecule has 0 saturated heterocycles. The Balaban J connectivity index is 0.000000191. The summed E-state index contributed by atoms with van der Waals surface area (Å²) in [4.78, 5) is 3.90. The van der Waals surface area contributed by atoms with Gasteiger partial charge >= 0.3 is 0 Å². The molecule has 0 aliphatic rings. The summed E-state index contributed by atoms with van der Waals surface area (Å²) >= 11 is 6.39. The molecule has 0 bridgehead atoms. The van der Waals surface area contributed by atoms with E-state index >= 15 is 0 Å². The summed E-state index contributed by atoms with van der Waals surface area (Å²) in [6.07, 6.45) is 3.12. The number of hydrogen-bond acceptors (Lipinski definition) is 4. The molecule has 0 atom stereocenters. The quantitative estimate of drug-likeness (QED) is 0.538. The van der Waals surface area contributed by atoms with E-state index in [4.69, 9.17) is 15.4 Å². The number of hydrogen-bond donors (Lipinski definition) is 3. The van der Waals surface area contributed by atoms with Crippen LogP contribution in [-0.2, 0) is 13.2 Å². The Kier molecular flexibility index (Phi) is 6.93. The van der Waals surface area contributed by atoms with E-state index in [0.717, 1.165) is 13.7 Å². The summed E-state index contributed by atoms with van der Waals surface area (Å²) in [7, 11) is 0. The van der Waals surface area contributed by atoms with Gasteiger partial charge in [-0.1, -0.05) is 0 Å². The molecule has 2 aromatic rings. The molecule has 0 aliphatic carbocycles. The molecule has 0 spiro atoms. The van der Waals surface area contributed by atoms with E-state index in [-0.39, 0.29) is 13.2 Å². The van der Waals surface area contributed by atoms with Crippen LogP contribution in [0.1, 0.15) is 11.4 Å². The molecular weight excluding hydrogens is 380 g/mol. The third-order valence-corrected chi connectivity index (χ3v) is 3.03. The molecule has 2 heterocycles. The first-order valence-corrected chi connectivity index (χ1v) is 6.87. The van der Waals surface area contributed by atoms with Crippen LogP contribution in [0.4, 0.5) is 0 Å². The molecule has 0 radical (unpaired) electrons. The fraction of sp³-hybridized carbons (Fsp3) is 0.167. The second-order valence-electron chi connectivity index (χ2n) is 3.47. The fourth-order valence-electron chi connectivity index (χ4n) is 1.12. The van der Waals surface area contributed by atoms with Gasteiger partial charge in [-0.3, -0.25) is 10.2 Å². The van der Waals surface area contributed by atoms with Crippen molar-refractivity contribution < 1.29 is 20.2 Å². The Hall–Kier alpha value is -1.02. The number of halogens is 2. The van der Waals surface area contributed by atoms with Gasteiger partial charge in [0.1, 0.15) is 6.61 Å². The number of pyridine rings is 2. The van der Waals surface area contributed by atoms with Crippen LogP contribution in [0.25, 0.3) is 0 Å². The second-order valence-corrected chi connectivity index (χ2v) is 5.30. The Bertz CT molecular complexity index is 521. The van der Waals surface area contributed by atoms with Gasteiger partial charge in [-0.25, -0.2) is 0 Å². The monoisotopic (exact) mass is 391 g/mol. The highest BCUT2D eigenvalue weighted by Crippen LogP contribution is 2.06. The molecule has 7 heteroatoms. The lowest BCUT2D eigenvalue weighted by atomic mass is 10.4. The number of aromatic nitrogens is 2. The molecule has 0 aromatic carbocycles. The molecule has 102 valence electrons. The van der Waals surface area contributed by atoms with E-state index in [1.54, 1.807) is 24.4 Å². The third kappa shape index (κ3) is 5.65. The minimum absolute atomic E-state index is 0.00722. The van der Waals surface area contributed by atoms with Gasteiger partial charge in [-0.2, -0.15) is 0 Å². The van der Waals surface area contributed by atoms with Crippen LogP contribution in [-0.4, -0.2) is 20.4 Å². The van der Waals surface area contributed by atoms with Crippen LogP contribution in [0, 0.1) is 0 Å². The number of nitrogens with zero attached hydrogens (tertiary/aromatic N) is 2. The summed E-state index contributed by atoms with van der Waals surface area (Å²) in [5.41, 5.74) is 1.15. The van der Waals surface area contributed by atoms with Crippen LogP contribution < -0.4 is 4.73 Å². The summed E-state index contributed by atoms with van der Waals surface area (Å²) < 4.78 is 2.58.